The molecule has 0 aliphatic carbocycles. The number of ether oxygens (including phenoxy) is 2. The first-order valence-electron chi connectivity index (χ1n) is 7.22. The van der Waals surface area contributed by atoms with Gasteiger partial charge in [-0.05, 0) is 30.3 Å². The predicted molar refractivity (Wildman–Crippen MR) is 85.9 cm³/mol. The van der Waals surface area contributed by atoms with Gasteiger partial charge in [0.05, 0.1) is 18.1 Å². The molecule has 128 valence electrons. The Bertz CT molecular complexity index is 910. The molecule has 7 nitrogen and oxygen atoms in total. The van der Waals surface area contributed by atoms with Crippen molar-refractivity contribution >= 4 is 5.69 Å². The second-order valence-electron chi connectivity index (χ2n) is 5.03. The van der Waals surface area contributed by atoms with Crippen molar-refractivity contribution in [1.82, 2.24) is 4.98 Å². The van der Waals surface area contributed by atoms with Gasteiger partial charge in [0.15, 0.2) is 5.75 Å². The molecular formula is C17H13FN2O5. The fourth-order valence-electron chi connectivity index (χ4n) is 2.17. The van der Waals surface area contributed by atoms with E-state index in [9.17, 15) is 14.5 Å². The van der Waals surface area contributed by atoms with Gasteiger partial charge in [0.2, 0.25) is 5.89 Å². The van der Waals surface area contributed by atoms with Crippen LogP contribution in [0.15, 0.2) is 53.1 Å². The SMILES string of the molecule is COc1ccc(OCc2coc(-c3cccc(F)c3)n2)c([N+](=O)[O-])c1. The third-order valence-corrected chi connectivity index (χ3v) is 3.36. The fourth-order valence-corrected chi connectivity index (χ4v) is 2.17. The highest BCUT2D eigenvalue weighted by Gasteiger charge is 2.17. The van der Waals surface area contributed by atoms with E-state index in [2.05, 4.69) is 4.98 Å². The first kappa shape index (κ1) is 16.4. The zero-order valence-corrected chi connectivity index (χ0v) is 13.1. The largest absolute Gasteiger partial charge is 0.496 e. The van der Waals surface area contributed by atoms with Gasteiger partial charge >= 0.3 is 5.69 Å². The van der Waals surface area contributed by atoms with E-state index < -0.39 is 10.7 Å². The van der Waals surface area contributed by atoms with Crippen LogP contribution < -0.4 is 9.47 Å². The molecule has 0 aliphatic rings. The Morgan fingerprint density at radius 3 is 2.84 bits per heavy atom. The normalized spacial score (nSPS) is 10.5. The molecule has 0 radical (unpaired) electrons. The number of hydrogen-bond acceptors (Lipinski definition) is 6. The highest BCUT2D eigenvalue weighted by molar-refractivity contribution is 5.53. The van der Waals surface area contributed by atoms with Crippen molar-refractivity contribution in [2.24, 2.45) is 0 Å². The predicted octanol–water partition coefficient (Wildman–Crippen LogP) is 3.98. The molecule has 0 N–H and O–H groups in total. The topological polar surface area (TPSA) is 87.6 Å². The van der Waals surface area contributed by atoms with E-state index in [1.165, 1.54) is 37.6 Å². The summed E-state index contributed by atoms with van der Waals surface area (Å²) in [4.78, 5) is 14.8. The van der Waals surface area contributed by atoms with Gasteiger partial charge in [0, 0.05) is 5.56 Å². The molecular weight excluding hydrogens is 331 g/mol. The van der Waals surface area contributed by atoms with Crippen LogP contribution in [0.3, 0.4) is 0 Å². The summed E-state index contributed by atoms with van der Waals surface area (Å²) >= 11 is 0. The van der Waals surface area contributed by atoms with Gasteiger partial charge in [-0.2, -0.15) is 0 Å². The Morgan fingerprint density at radius 2 is 2.12 bits per heavy atom. The van der Waals surface area contributed by atoms with E-state index in [1.54, 1.807) is 18.2 Å². The number of hydrogen-bond donors (Lipinski definition) is 0. The number of nitro benzene ring substituents is 1. The van der Waals surface area contributed by atoms with Gasteiger partial charge in [0.1, 0.15) is 30.1 Å². The maximum atomic E-state index is 13.2. The van der Waals surface area contributed by atoms with Gasteiger partial charge < -0.3 is 13.9 Å². The lowest BCUT2D eigenvalue weighted by Crippen LogP contribution is -2.00. The van der Waals surface area contributed by atoms with Crippen molar-refractivity contribution in [3.8, 4) is 23.0 Å². The number of methoxy groups -OCH3 is 1. The summed E-state index contributed by atoms with van der Waals surface area (Å²) in [6, 6.07) is 10.1. The highest BCUT2D eigenvalue weighted by Crippen LogP contribution is 2.31. The zero-order chi connectivity index (χ0) is 17.8. The molecule has 0 amide bonds. The van der Waals surface area contributed by atoms with Gasteiger partial charge in [-0.3, -0.25) is 10.1 Å². The van der Waals surface area contributed by atoms with Crippen molar-refractivity contribution in [2.75, 3.05) is 7.11 Å². The second kappa shape index (κ2) is 7.00. The lowest BCUT2D eigenvalue weighted by atomic mass is 10.2. The Labute approximate surface area is 141 Å². The van der Waals surface area contributed by atoms with Crippen LogP contribution in [0.4, 0.5) is 10.1 Å². The summed E-state index contributed by atoms with van der Waals surface area (Å²) < 4.78 is 29.0. The summed E-state index contributed by atoms with van der Waals surface area (Å²) in [5.74, 6) is 0.277. The molecule has 8 heteroatoms. The van der Waals surface area contributed by atoms with Crippen molar-refractivity contribution in [2.45, 2.75) is 6.61 Å². The monoisotopic (exact) mass is 344 g/mol. The molecule has 0 aliphatic heterocycles. The first-order valence-corrected chi connectivity index (χ1v) is 7.22. The standard InChI is InChI=1S/C17H13FN2O5/c1-23-14-5-6-16(15(8-14)20(21)22)24-9-13-10-25-17(19-13)11-3-2-4-12(18)7-11/h2-8,10H,9H2,1H3. The molecule has 1 aromatic heterocycles. The van der Waals surface area contributed by atoms with Crippen molar-refractivity contribution < 1.29 is 23.2 Å². The van der Waals surface area contributed by atoms with Crippen LogP contribution in [0.5, 0.6) is 11.5 Å². The Hall–Kier alpha value is -3.42. The van der Waals surface area contributed by atoms with Gasteiger partial charge in [0.25, 0.3) is 0 Å². The van der Waals surface area contributed by atoms with Crippen LogP contribution in [0.1, 0.15) is 5.69 Å². The summed E-state index contributed by atoms with van der Waals surface area (Å²) in [5, 5.41) is 11.1. The van der Waals surface area contributed by atoms with Crippen LogP contribution in [0.2, 0.25) is 0 Å². The molecule has 0 unspecified atom stereocenters. The number of nitrogens with zero attached hydrogens (tertiary/aromatic N) is 2. The Morgan fingerprint density at radius 1 is 1.28 bits per heavy atom. The highest BCUT2D eigenvalue weighted by atomic mass is 19.1. The van der Waals surface area contributed by atoms with E-state index in [-0.39, 0.29) is 23.9 Å². The van der Waals surface area contributed by atoms with Crippen LogP contribution >= 0.6 is 0 Å². The van der Waals surface area contributed by atoms with Gasteiger partial charge in [-0.15, -0.1) is 0 Å². The average Bonchev–Trinajstić information content (AvgIpc) is 3.09. The van der Waals surface area contributed by atoms with E-state index in [0.717, 1.165) is 0 Å². The molecule has 25 heavy (non-hydrogen) atoms. The maximum Gasteiger partial charge on any atom is 0.314 e. The molecule has 0 spiro atoms. The second-order valence-corrected chi connectivity index (χ2v) is 5.03. The summed E-state index contributed by atoms with van der Waals surface area (Å²) in [5.41, 5.74) is 0.694. The Kier molecular flexibility index (Phi) is 4.60. The molecule has 0 saturated carbocycles. The number of oxazole rings is 1. The molecule has 3 rings (SSSR count). The quantitative estimate of drug-likeness (QED) is 0.496. The van der Waals surface area contributed by atoms with E-state index >= 15 is 0 Å². The number of benzene rings is 2. The van der Waals surface area contributed by atoms with Gasteiger partial charge in [-0.25, -0.2) is 9.37 Å². The third-order valence-electron chi connectivity index (χ3n) is 3.36. The minimum Gasteiger partial charge on any atom is -0.496 e. The van der Waals surface area contributed by atoms with Crippen molar-refractivity contribution in [3.05, 3.63) is 70.4 Å². The summed E-state index contributed by atoms with van der Waals surface area (Å²) in [6.45, 7) is -0.0357. The fraction of sp³-hybridized carbons (Fsp3) is 0.118. The molecule has 0 atom stereocenters. The van der Waals surface area contributed by atoms with E-state index in [1.807, 2.05) is 0 Å². The van der Waals surface area contributed by atoms with Crippen LogP contribution in [-0.4, -0.2) is 17.0 Å². The van der Waals surface area contributed by atoms with Crippen LogP contribution in [0, 0.1) is 15.9 Å². The molecule has 3 aromatic rings. The average molecular weight is 344 g/mol. The number of halogens is 1. The summed E-state index contributed by atoms with van der Waals surface area (Å²) in [6.07, 6.45) is 1.36. The Balaban J connectivity index is 1.76. The van der Waals surface area contributed by atoms with Crippen molar-refractivity contribution in [3.63, 3.8) is 0 Å². The van der Waals surface area contributed by atoms with E-state index in [4.69, 9.17) is 13.9 Å². The smallest absolute Gasteiger partial charge is 0.314 e. The minimum absolute atomic E-state index is 0.0357. The molecule has 2 aromatic carbocycles. The number of nitro groups is 1. The third kappa shape index (κ3) is 3.74. The molecule has 0 bridgehead atoms. The molecule has 0 fully saturated rings. The van der Waals surface area contributed by atoms with Crippen molar-refractivity contribution in [1.29, 1.82) is 0 Å². The minimum atomic E-state index is -0.557. The number of rotatable bonds is 6. The lowest BCUT2D eigenvalue weighted by Gasteiger charge is -2.06. The van der Waals surface area contributed by atoms with Gasteiger partial charge in [-0.1, -0.05) is 6.07 Å². The lowest BCUT2D eigenvalue weighted by molar-refractivity contribution is -0.386. The van der Waals surface area contributed by atoms with Crippen LogP contribution in [-0.2, 0) is 6.61 Å². The first-order chi connectivity index (χ1) is 12.1. The van der Waals surface area contributed by atoms with E-state index in [0.29, 0.717) is 17.0 Å². The molecule has 1 heterocycles. The molecule has 0 saturated heterocycles. The van der Waals surface area contributed by atoms with Crippen LogP contribution in [0.25, 0.3) is 11.5 Å². The number of aromatic nitrogens is 1. The maximum absolute atomic E-state index is 13.2. The zero-order valence-electron chi connectivity index (χ0n) is 13.1. The summed E-state index contributed by atoms with van der Waals surface area (Å²) in [7, 11) is 1.42.